The summed E-state index contributed by atoms with van der Waals surface area (Å²) in [4.78, 5) is 4.70. The fourth-order valence-corrected chi connectivity index (χ4v) is 3.96. The third kappa shape index (κ3) is 4.70. The molecule has 0 aliphatic carbocycles. The first-order valence-electron chi connectivity index (χ1n) is 8.62. The predicted molar refractivity (Wildman–Crippen MR) is 113 cm³/mol. The Labute approximate surface area is 165 Å². The molecule has 0 aromatic heterocycles. The molecule has 1 aliphatic rings. The van der Waals surface area contributed by atoms with E-state index in [0.717, 1.165) is 43.3 Å². The Hall–Kier alpha value is -2.32. The summed E-state index contributed by atoms with van der Waals surface area (Å²) in [6.07, 6.45) is 1.20. The maximum Gasteiger partial charge on any atom is 0.175 e. The normalized spacial score (nSPS) is 14.7. The highest BCUT2D eigenvalue weighted by molar-refractivity contribution is 7.90. The summed E-state index contributed by atoms with van der Waals surface area (Å²) in [6.45, 7) is 3.28. The van der Waals surface area contributed by atoms with Gasteiger partial charge in [0, 0.05) is 38.1 Å². The first kappa shape index (κ1) is 19.4. The van der Waals surface area contributed by atoms with Crippen molar-refractivity contribution in [3.8, 4) is 5.75 Å². The molecule has 3 rings (SSSR count). The third-order valence-electron chi connectivity index (χ3n) is 4.53. The van der Waals surface area contributed by atoms with Gasteiger partial charge in [-0.05, 0) is 48.6 Å². The van der Waals surface area contributed by atoms with Gasteiger partial charge in [-0.1, -0.05) is 12.1 Å². The van der Waals surface area contributed by atoms with Crippen molar-refractivity contribution in [1.82, 2.24) is 4.90 Å². The van der Waals surface area contributed by atoms with Crippen LogP contribution in [-0.4, -0.2) is 58.0 Å². The summed E-state index contributed by atoms with van der Waals surface area (Å²) in [5, 5.41) is 3.83. The Bertz CT molecular complexity index is 906. The van der Waals surface area contributed by atoms with Crippen LogP contribution in [0.4, 0.5) is 11.4 Å². The molecule has 0 radical (unpaired) electrons. The Morgan fingerprint density at radius 2 is 1.67 bits per heavy atom. The number of sulfone groups is 1. The molecule has 27 heavy (non-hydrogen) atoms. The first-order chi connectivity index (χ1) is 12.9. The molecular formula is C19H23N3O3S2. The van der Waals surface area contributed by atoms with Gasteiger partial charge in [-0.2, -0.15) is 0 Å². The SMILES string of the molecule is COc1ccccc1N1CCN(C(=S)Nc2ccc(S(C)(=O)=O)cc2)CC1. The molecule has 0 unspecified atom stereocenters. The molecule has 0 amide bonds. The van der Waals surface area contributed by atoms with Crippen molar-refractivity contribution in [3.63, 3.8) is 0 Å². The Balaban J connectivity index is 1.58. The smallest absolute Gasteiger partial charge is 0.175 e. The van der Waals surface area contributed by atoms with Crippen LogP contribution in [0.3, 0.4) is 0 Å². The number of piperazine rings is 1. The maximum atomic E-state index is 11.5. The molecule has 2 aromatic rings. The fourth-order valence-electron chi connectivity index (χ4n) is 3.03. The van der Waals surface area contributed by atoms with Crippen LogP contribution in [0.25, 0.3) is 0 Å². The zero-order chi connectivity index (χ0) is 19.4. The molecule has 1 heterocycles. The van der Waals surface area contributed by atoms with Gasteiger partial charge in [0.25, 0.3) is 0 Å². The first-order valence-corrected chi connectivity index (χ1v) is 10.9. The number of hydrogen-bond acceptors (Lipinski definition) is 5. The highest BCUT2D eigenvalue weighted by Crippen LogP contribution is 2.28. The number of hydrogen-bond donors (Lipinski definition) is 1. The molecule has 0 saturated carbocycles. The lowest BCUT2D eigenvalue weighted by molar-refractivity contribution is 0.382. The Kier molecular flexibility index (Phi) is 5.86. The number of para-hydroxylation sites is 2. The second-order valence-corrected chi connectivity index (χ2v) is 8.78. The average Bonchev–Trinajstić information content (AvgIpc) is 2.68. The maximum absolute atomic E-state index is 11.5. The second-order valence-electron chi connectivity index (χ2n) is 6.37. The van der Waals surface area contributed by atoms with Crippen LogP contribution in [0.2, 0.25) is 0 Å². The van der Waals surface area contributed by atoms with Gasteiger partial charge in [0.2, 0.25) is 0 Å². The van der Waals surface area contributed by atoms with Crippen LogP contribution >= 0.6 is 12.2 Å². The van der Waals surface area contributed by atoms with Crippen LogP contribution in [-0.2, 0) is 9.84 Å². The molecule has 1 fully saturated rings. The van der Waals surface area contributed by atoms with Crippen molar-refractivity contribution in [2.24, 2.45) is 0 Å². The summed E-state index contributed by atoms with van der Waals surface area (Å²) >= 11 is 5.52. The van der Waals surface area contributed by atoms with E-state index in [9.17, 15) is 8.42 Å². The number of anilines is 2. The Morgan fingerprint density at radius 3 is 2.26 bits per heavy atom. The van der Waals surface area contributed by atoms with Gasteiger partial charge < -0.3 is 19.9 Å². The van der Waals surface area contributed by atoms with Crippen molar-refractivity contribution in [1.29, 1.82) is 0 Å². The van der Waals surface area contributed by atoms with E-state index in [1.165, 1.54) is 6.26 Å². The van der Waals surface area contributed by atoms with Crippen molar-refractivity contribution in [2.75, 3.05) is 49.8 Å². The zero-order valence-electron chi connectivity index (χ0n) is 15.4. The van der Waals surface area contributed by atoms with Gasteiger partial charge in [-0.3, -0.25) is 0 Å². The highest BCUT2D eigenvalue weighted by atomic mass is 32.2. The van der Waals surface area contributed by atoms with Gasteiger partial charge in [-0.15, -0.1) is 0 Å². The number of thiocarbonyl (C=S) groups is 1. The lowest BCUT2D eigenvalue weighted by Crippen LogP contribution is -2.50. The molecule has 2 aromatic carbocycles. The molecule has 8 heteroatoms. The molecule has 0 spiro atoms. The monoisotopic (exact) mass is 405 g/mol. The highest BCUT2D eigenvalue weighted by Gasteiger charge is 2.21. The van der Waals surface area contributed by atoms with E-state index < -0.39 is 9.84 Å². The standard InChI is InChI=1S/C19H23N3O3S2/c1-25-18-6-4-3-5-17(18)21-11-13-22(14-12-21)19(26)20-15-7-9-16(10-8-15)27(2,23)24/h3-10H,11-14H2,1-2H3,(H,20,26). The van der Waals surface area contributed by atoms with E-state index in [2.05, 4.69) is 21.2 Å². The van der Waals surface area contributed by atoms with E-state index in [-0.39, 0.29) is 0 Å². The minimum absolute atomic E-state index is 0.296. The van der Waals surface area contributed by atoms with E-state index in [4.69, 9.17) is 17.0 Å². The van der Waals surface area contributed by atoms with Crippen LogP contribution in [0.15, 0.2) is 53.4 Å². The third-order valence-corrected chi connectivity index (χ3v) is 6.02. The summed E-state index contributed by atoms with van der Waals surface area (Å²) in [7, 11) is -1.51. The molecule has 1 N–H and O–H groups in total. The van der Waals surface area contributed by atoms with Crippen LogP contribution in [0.1, 0.15) is 0 Å². The van der Waals surface area contributed by atoms with Crippen LogP contribution in [0.5, 0.6) is 5.75 Å². The quantitative estimate of drug-likeness (QED) is 0.785. The number of rotatable bonds is 4. The topological polar surface area (TPSA) is 61.9 Å². The van der Waals surface area contributed by atoms with E-state index in [1.807, 2.05) is 18.2 Å². The summed E-state index contributed by atoms with van der Waals surface area (Å²) in [5.74, 6) is 0.873. The van der Waals surface area contributed by atoms with Gasteiger partial charge in [0.05, 0.1) is 17.7 Å². The molecular weight excluding hydrogens is 382 g/mol. The predicted octanol–water partition coefficient (Wildman–Crippen LogP) is 2.62. The van der Waals surface area contributed by atoms with Gasteiger partial charge in [-0.25, -0.2) is 8.42 Å². The number of benzene rings is 2. The second kappa shape index (κ2) is 8.14. The molecule has 1 aliphatic heterocycles. The Morgan fingerprint density at radius 1 is 1.04 bits per heavy atom. The lowest BCUT2D eigenvalue weighted by atomic mass is 10.2. The molecule has 1 saturated heterocycles. The van der Waals surface area contributed by atoms with E-state index >= 15 is 0 Å². The van der Waals surface area contributed by atoms with Crippen LogP contribution < -0.4 is 15.0 Å². The molecule has 6 nitrogen and oxygen atoms in total. The number of ether oxygens (including phenoxy) is 1. The van der Waals surface area contributed by atoms with Gasteiger partial charge in [0.15, 0.2) is 14.9 Å². The number of nitrogens with one attached hydrogen (secondary N) is 1. The largest absolute Gasteiger partial charge is 0.495 e. The van der Waals surface area contributed by atoms with Crippen LogP contribution in [0, 0.1) is 0 Å². The number of methoxy groups -OCH3 is 1. The molecule has 0 atom stereocenters. The van der Waals surface area contributed by atoms with Gasteiger partial charge in [0.1, 0.15) is 5.75 Å². The van der Waals surface area contributed by atoms with Crippen molar-refractivity contribution in [2.45, 2.75) is 4.90 Å². The minimum Gasteiger partial charge on any atom is -0.495 e. The van der Waals surface area contributed by atoms with Crippen molar-refractivity contribution >= 4 is 38.5 Å². The zero-order valence-corrected chi connectivity index (χ0v) is 17.0. The summed E-state index contributed by atoms with van der Waals surface area (Å²) in [5.41, 5.74) is 1.87. The van der Waals surface area contributed by atoms with Crippen molar-refractivity contribution in [3.05, 3.63) is 48.5 Å². The number of nitrogens with zero attached hydrogens (tertiary/aromatic N) is 2. The minimum atomic E-state index is -3.19. The van der Waals surface area contributed by atoms with Gasteiger partial charge >= 0.3 is 0 Å². The van der Waals surface area contributed by atoms with E-state index in [1.54, 1.807) is 31.4 Å². The fraction of sp³-hybridized carbons (Fsp3) is 0.316. The average molecular weight is 406 g/mol. The molecule has 0 bridgehead atoms. The van der Waals surface area contributed by atoms with E-state index in [0.29, 0.717) is 10.0 Å². The summed E-state index contributed by atoms with van der Waals surface area (Å²) in [6, 6.07) is 14.6. The lowest BCUT2D eigenvalue weighted by Gasteiger charge is -2.37. The molecule has 144 valence electrons. The summed E-state index contributed by atoms with van der Waals surface area (Å²) < 4.78 is 28.5. The van der Waals surface area contributed by atoms with Crippen molar-refractivity contribution < 1.29 is 13.2 Å².